The molecule has 1 saturated carbocycles. The van der Waals surface area contributed by atoms with Gasteiger partial charge in [-0.1, -0.05) is 6.92 Å². The molecule has 2 amide bonds. The molecule has 0 spiro atoms. The van der Waals surface area contributed by atoms with Gasteiger partial charge in [0.05, 0.1) is 5.69 Å². The van der Waals surface area contributed by atoms with E-state index in [1.54, 1.807) is 4.90 Å². The number of nitrogens with one attached hydrogen (secondary N) is 1. The predicted molar refractivity (Wildman–Crippen MR) is 81.6 cm³/mol. The van der Waals surface area contributed by atoms with E-state index in [0.717, 1.165) is 18.9 Å². The zero-order valence-corrected chi connectivity index (χ0v) is 13.1. The summed E-state index contributed by atoms with van der Waals surface area (Å²) in [5.41, 5.74) is -1.17. The second kappa shape index (κ2) is 5.91. The quantitative estimate of drug-likeness (QED) is 0.870. The van der Waals surface area contributed by atoms with Crippen LogP contribution in [-0.2, 0) is 9.59 Å². The molecule has 4 nitrogen and oxygen atoms in total. The predicted octanol–water partition coefficient (Wildman–Crippen LogP) is 2.94. The van der Waals surface area contributed by atoms with Crippen molar-refractivity contribution >= 4 is 17.5 Å². The Morgan fingerprint density at radius 3 is 2.65 bits per heavy atom. The highest BCUT2D eigenvalue weighted by molar-refractivity contribution is 6.13. The van der Waals surface area contributed by atoms with Gasteiger partial charge >= 0.3 is 0 Å². The van der Waals surface area contributed by atoms with Gasteiger partial charge in [-0.15, -0.1) is 0 Å². The fourth-order valence-corrected chi connectivity index (χ4v) is 3.17. The number of nitrogens with zero attached hydrogens (tertiary/aromatic N) is 1. The Kier molecular flexibility index (Phi) is 4.08. The molecule has 1 aliphatic carbocycles. The number of carbonyl (C=O) groups excluding carboxylic acids is 2. The normalized spacial score (nSPS) is 22.6. The van der Waals surface area contributed by atoms with Gasteiger partial charge in [-0.3, -0.25) is 9.59 Å². The fourth-order valence-electron chi connectivity index (χ4n) is 3.17. The zero-order valence-electron chi connectivity index (χ0n) is 13.1. The minimum atomic E-state index is -1.07. The first-order chi connectivity index (χ1) is 10.9. The highest BCUT2D eigenvalue weighted by Gasteiger charge is 2.58. The van der Waals surface area contributed by atoms with Crippen LogP contribution in [0.5, 0.6) is 0 Å². The van der Waals surface area contributed by atoms with Crippen molar-refractivity contribution in [2.45, 2.75) is 32.6 Å². The van der Waals surface area contributed by atoms with Crippen molar-refractivity contribution in [2.24, 2.45) is 11.3 Å². The largest absolute Gasteiger partial charge is 0.342 e. The van der Waals surface area contributed by atoms with Crippen molar-refractivity contribution in [1.82, 2.24) is 4.90 Å². The molecule has 1 saturated heterocycles. The third-order valence-corrected chi connectivity index (χ3v) is 4.72. The number of likely N-dealkylation sites (tertiary alicyclic amines) is 1. The van der Waals surface area contributed by atoms with Crippen LogP contribution in [-0.4, -0.2) is 29.8 Å². The van der Waals surface area contributed by atoms with Crippen LogP contribution in [0.25, 0.3) is 0 Å². The maximum Gasteiger partial charge on any atom is 0.240 e. The van der Waals surface area contributed by atoms with Gasteiger partial charge in [0.2, 0.25) is 11.8 Å². The Morgan fingerprint density at radius 2 is 2.04 bits per heavy atom. The van der Waals surface area contributed by atoms with Crippen LogP contribution in [0.2, 0.25) is 0 Å². The monoisotopic (exact) mass is 322 g/mol. The Morgan fingerprint density at radius 1 is 1.30 bits per heavy atom. The molecule has 0 bridgehead atoms. The van der Waals surface area contributed by atoms with Crippen molar-refractivity contribution < 1.29 is 18.4 Å². The first kappa shape index (κ1) is 15.9. The standard InChI is InChI=1S/C17H20F2N2O2/c1-11-3-2-8-21(10-11)16(23)17(6-7-17)15(22)20-14-5-4-12(18)9-13(14)19/h4-5,9,11H,2-3,6-8,10H2,1H3,(H,20,22). The third kappa shape index (κ3) is 3.07. The number of anilines is 1. The second-order valence-corrected chi connectivity index (χ2v) is 6.66. The van der Waals surface area contributed by atoms with Crippen molar-refractivity contribution in [3.63, 3.8) is 0 Å². The Labute approximate surface area is 133 Å². The summed E-state index contributed by atoms with van der Waals surface area (Å²) < 4.78 is 26.6. The van der Waals surface area contributed by atoms with E-state index in [-0.39, 0.29) is 11.6 Å². The van der Waals surface area contributed by atoms with Gasteiger partial charge < -0.3 is 10.2 Å². The number of hydrogen-bond donors (Lipinski definition) is 1. The Bertz CT molecular complexity index is 643. The summed E-state index contributed by atoms with van der Waals surface area (Å²) in [5.74, 6) is -1.77. The summed E-state index contributed by atoms with van der Waals surface area (Å²) >= 11 is 0. The average Bonchev–Trinajstić information content (AvgIpc) is 3.31. The maximum absolute atomic E-state index is 13.7. The SMILES string of the molecule is CC1CCCN(C(=O)C2(C(=O)Nc3ccc(F)cc3F)CC2)C1. The number of halogens is 2. The molecule has 0 aromatic heterocycles. The number of rotatable bonds is 3. The lowest BCUT2D eigenvalue weighted by Gasteiger charge is -2.33. The van der Waals surface area contributed by atoms with Crippen molar-refractivity contribution in [3.8, 4) is 0 Å². The lowest BCUT2D eigenvalue weighted by Crippen LogP contribution is -2.46. The van der Waals surface area contributed by atoms with Crippen molar-refractivity contribution in [2.75, 3.05) is 18.4 Å². The Balaban J connectivity index is 1.72. The van der Waals surface area contributed by atoms with Gasteiger partial charge in [-0.25, -0.2) is 8.78 Å². The molecule has 124 valence electrons. The summed E-state index contributed by atoms with van der Waals surface area (Å²) in [4.78, 5) is 26.9. The summed E-state index contributed by atoms with van der Waals surface area (Å²) in [6.45, 7) is 3.43. The minimum absolute atomic E-state index is 0.0949. The topological polar surface area (TPSA) is 49.4 Å². The van der Waals surface area contributed by atoms with Crippen LogP contribution < -0.4 is 5.32 Å². The van der Waals surface area contributed by atoms with E-state index in [1.807, 2.05) is 0 Å². The summed E-state index contributed by atoms with van der Waals surface area (Å²) in [5, 5.41) is 2.44. The number of carbonyl (C=O) groups is 2. The maximum atomic E-state index is 13.7. The van der Waals surface area contributed by atoms with Crippen LogP contribution in [0.4, 0.5) is 14.5 Å². The molecule has 0 radical (unpaired) electrons. The summed E-state index contributed by atoms with van der Waals surface area (Å²) in [6.07, 6.45) is 2.98. The first-order valence-corrected chi connectivity index (χ1v) is 7.98. The number of benzene rings is 1. The van der Waals surface area contributed by atoms with Crippen LogP contribution in [0.1, 0.15) is 32.6 Å². The molecule has 2 aliphatic rings. The highest BCUT2D eigenvalue weighted by atomic mass is 19.1. The molecule has 23 heavy (non-hydrogen) atoms. The Hall–Kier alpha value is -1.98. The van der Waals surface area contributed by atoms with Crippen molar-refractivity contribution in [3.05, 3.63) is 29.8 Å². The van der Waals surface area contributed by atoms with Crippen LogP contribution in [0.15, 0.2) is 18.2 Å². The smallest absolute Gasteiger partial charge is 0.240 e. The van der Waals surface area contributed by atoms with E-state index in [2.05, 4.69) is 12.2 Å². The molecule has 1 heterocycles. The van der Waals surface area contributed by atoms with E-state index < -0.39 is 23.0 Å². The van der Waals surface area contributed by atoms with Gasteiger partial charge in [0.15, 0.2) is 0 Å². The molecular weight excluding hydrogens is 302 g/mol. The molecule has 6 heteroatoms. The molecule has 2 fully saturated rings. The van der Waals surface area contributed by atoms with Gasteiger partial charge in [-0.2, -0.15) is 0 Å². The molecule has 1 unspecified atom stereocenters. The minimum Gasteiger partial charge on any atom is -0.342 e. The van der Waals surface area contributed by atoms with Gasteiger partial charge in [0.1, 0.15) is 17.0 Å². The number of piperidine rings is 1. The van der Waals surface area contributed by atoms with E-state index in [4.69, 9.17) is 0 Å². The molecule has 1 aromatic rings. The molecule has 1 aliphatic heterocycles. The summed E-state index contributed by atoms with van der Waals surface area (Å²) in [6, 6.07) is 2.96. The van der Waals surface area contributed by atoms with Crippen LogP contribution in [0, 0.1) is 23.0 Å². The fraction of sp³-hybridized carbons (Fsp3) is 0.529. The number of hydrogen-bond acceptors (Lipinski definition) is 2. The second-order valence-electron chi connectivity index (χ2n) is 6.66. The average molecular weight is 322 g/mol. The van der Waals surface area contributed by atoms with E-state index in [1.165, 1.54) is 6.07 Å². The van der Waals surface area contributed by atoms with Crippen LogP contribution >= 0.6 is 0 Å². The van der Waals surface area contributed by atoms with E-state index in [0.29, 0.717) is 37.9 Å². The number of amides is 2. The third-order valence-electron chi connectivity index (χ3n) is 4.72. The molecule has 3 rings (SSSR count). The van der Waals surface area contributed by atoms with Gasteiger partial charge in [-0.05, 0) is 43.7 Å². The van der Waals surface area contributed by atoms with E-state index in [9.17, 15) is 18.4 Å². The first-order valence-electron chi connectivity index (χ1n) is 7.98. The molecule has 1 atom stereocenters. The van der Waals surface area contributed by atoms with Crippen LogP contribution in [0.3, 0.4) is 0 Å². The van der Waals surface area contributed by atoms with Gasteiger partial charge in [0.25, 0.3) is 0 Å². The van der Waals surface area contributed by atoms with Crippen molar-refractivity contribution in [1.29, 1.82) is 0 Å². The molecule has 1 aromatic carbocycles. The summed E-state index contributed by atoms with van der Waals surface area (Å²) in [7, 11) is 0. The molecule has 1 N–H and O–H groups in total. The lowest BCUT2D eigenvalue weighted by molar-refractivity contribution is -0.143. The van der Waals surface area contributed by atoms with Gasteiger partial charge in [0, 0.05) is 19.2 Å². The zero-order chi connectivity index (χ0) is 16.6. The highest BCUT2D eigenvalue weighted by Crippen LogP contribution is 2.48. The van der Waals surface area contributed by atoms with E-state index >= 15 is 0 Å². The lowest BCUT2D eigenvalue weighted by atomic mass is 9.96. The molecular formula is C17H20F2N2O2.